The molecule has 0 unspecified atom stereocenters. The van der Waals surface area contributed by atoms with Gasteiger partial charge in [0, 0.05) is 6.20 Å². The quantitative estimate of drug-likeness (QED) is 0.726. The average Bonchev–Trinajstić information content (AvgIpc) is 2.78. The molecule has 20 heavy (non-hydrogen) atoms. The van der Waals surface area contributed by atoms with Gasteiger partial charge in [-0.15, -0.1) is 0 Å². The smallest absolute Gasteiger partial charge is 0.204 e. The fraction of sp³-hybridized carbons (Fsp3) is 0.0714. The number of halogens is 2. The molecule has 3 rings (SSSR count). The highest BCUT2D eigenvalue weighted by molar-refractivity contribution is 6.35. The van der Waals surface area contributed by atoms with Crippen LogP contribution in [0.3, 0.4) is 0 Å². The Morgan fingerprint density at radius 2 is 2.05 bits per heavy atom. The van der Waals surface area contributed by atoms with Crippen LogP contribution in [0, 0.1) is 11.3 Å². The molecule has 0 spiro atoms. The summed E-state index contributed by atoms with van der Waals surface area (Å²) in [6.45, 7) is 0.474. The Kier molecular flexibility index (Phi) is 3.31. The molecule has 0 atom stereocenters. The van der Waals surface area contributed by atoms with E-state index < -0.39 is 0 Å². The molecule has 0 aliphatic rings. The largest absolute Gasteiger partial charge is 0.309 e. The molecule has 0 fully saturated rings. The zero-order valence-corrected chi connectivity index (χ0v) is 11.7. The van der Waals surface area contributed by atoms with E-state index in [0.717, 1.165) is 11.2 Å². The third-order valence-corrected chi connectivity index (χ3v) is 3.55. The predicted octanol–water partition coefficient (Wildman–Crippen LogP) is 3.66. The van der Waals surface area contributed by atoms with Crippen LogP contribution in [0.15, 0.2) is 36.5 Å². The van der Waals surface area contributed by atoms with Crippen molar-refractivity contribution >= 4 is 34.2 Å². The first kappa shape index (κ1) is 12.9. The van der Waals surface area contributed by atoms with Crippen molar-refractivity contribution in [2.24, 2.45) is 0 Å². The lowest BCUT2D eigenvalue weighted by Crippen LogP contribution is -2.01. The summed E-state index contributed by atoms with van der Waals surface area (Å²) in [5.74, 6) is 0. The second-order valence-electron chi connectivity index (χ2n) is 4.22. The van der Waals surface area contributed by atoms with E-state index >= 15 is 0 Å². The second kappa shape index (κ2) is 5.12. The standard InChI is InChI=1S/C14H8Cl2N4/c15-11-2-1-3-12-13(11)19-14(16)20(12)8-10-5-4-9(6-17)7-18-10/h1-5,7H,8H2. The van der Waals surface area contributed by atoms with Crippen LogP contribution in [0.2, 0.25) is 10.3 Å². The van der Waals surface area contributed by atoms with Crippen molar-refractivity contribution in [3.8, 4) is 6.07 Å². The lowest BCUT2D eigenvalue weighted by Gasteiger charge is -2.05. The van der Waals surface area contributed by atoms with E-state index in [1.165, 1.54) is 6.20 Å². The van der Waals surface area contributed by atoms with E-state index in [4.69, 9.17) is 28.5 Å². The lowest BCUT2D eigenvalue weighted by atomic mass is 10.2. The van der Waals surface area contributed by atoms with Crippen LogP contribution in [-0.4, -0.2) is 14.5 Å². The van der Waals surface area contributed by atoms with E-state index in [1.54, 1.807) is 18.2 Å². The van der Waals surface area contributed by atoms with Crippen LogP contribution >= 0.6 is 23.2 Å². The number of benzene rings is 1. The Balaban J connectivity index is 2.04. The Labute approximate surface area is 125 Å². The van der Waals surface area contributed by atoms with E-state index in [1.807, 2.05) is 22.8 Å². The van der Waals surface area contributed by atoms with Crippen LogP contribution in [0.25, 0.3) is 11.0 Å². The molecule has 0 radical (unpaired) electrons. The minimum absolute atomic E-state index is 0.360. The van der Waals surface area contributed by atoms with Gasteiger partial charge in [0.15, 0.2) is 0 Å². The molecule has 3 aromatic rings. The fourth-order valence-corrected chi connectivity index (χ4v) is 2.43. The van der Waals surface area contributed by atoms with Gasteiger partial charge >= 0.3 is 0 Å². The SMILES string of the molecule is N#Cc1ccc(Cn2c(Cl)nc3c(Cl)cccc32)nc1. The lowest BCUT2D eigenvalue weighted by molar-refractivity contribution is 0.798. The molecule has 0 saturated heterocycles. The number of fused-ring (bicyclic) bond motifs is 1. The topological polar surface area (TPSA) is 54.5 Å². The molecule has 2 aromatic heterocycles. The first-order chi connectivity index (χ1) is 9.69. The first-order valence-corrected chi connectivity index (χ1v) is 6.60. The van der Waals surface area contributed by atoms with Crippen molar-refractivity contribution in [3.63, 3.8) is 0 Å². The molecule has 0 N–H and O–H groups in total. The van der Waals surface area contributed by atoms with E-state index in [2.05, 4.69) is 9.97 Å². The molecule has 0 bridgehead atoms. The Bertz CT molecular complexity index is 816. The monoisotopic (exact) mass is 302 g/mol. The summed E-state index contributed by atoms with van der Waals surface area (Å²) in [6, 6.07) is 11.1. The van der Waals surface area contributed by atoms with Crippen molar-refractivity contribution in [2.75, 3.05) is 0 Å². The highest BCUT2D eigenvalue weighted by Crippen LogP contribution is 2.26. The molecule has 0 amide bonds. The average molecular weight is 303 g/mol. The van der Waals surface area contributed by atoms with Crippen molar-refractivity contribution < 1.29 is 0 Å². The highest BCUT2D eigenvalue weighted by Gasteiger charge is 2.12. The predicted molar refractivity (Wildman–Crippen MR) is 77.8 cm³/mol. The minimum atomic E-state index is 0.360. The molecule has 0 aliphatic heterocycles. The summed E-state index contributed by atoms with van der Waals surface area (Å²) in [5, 5.41) is 9.69. The van der Waals surface area contributed by atoms with Crippen LogP contribution in [-0.2, 0) is 6.54 Å². The van der Waals surface area contributed by atoms with E-state index in [0.29, 0.717) is 27.9 Å². The second-order valence-corrected chi connectivity index (χ2v) is 4.97. The third-order valence-electron chi connectivity index (χ3n) is 2.96. The maximum Gasteiger partial charge on any atom is 0.204 e. The van der Waals surface area contributed by atoms with Gasteiger partial charge < -0.3 is 4.57 Å². The summed E-state index contributed by atoms with van der Waals surface area (Å²) in [4.78, 5) is 8.49. The molecular formula is C14H8Cl2N4. The molecule has 0 aliphatic carbocycles. The van der Waals surface area contributed by atoms with Gasteiger partial charge in [0.1, 0.15) is 11.6 Å². The summed E-state index contributed by atoms with van der Waals surface area (Å²) >= 11 is 12.3. The fourth-order valence-electron chi connectivity index (χ4n) is 1.98. The molecule has 1 aromatic carbocycles. The van der Waals surface area contributed by atoms with Gasteiger partial charge in [0.2, 0.25) is 5.28 Å². The number of nitriles is 1. The normalized spacial score (nSPS) is 10.7. The highest BCUT2D eigenvalue weighted by atomic mass is 35.5. The summed E-state index contributed by atoms with van der Waals surface area (Å²) < 4.78 is 1.83. The van der Waals surface area contributed by atoms with Crippen molar-refractivity contribution in [3.05, 3.63) is 58.1 Å². The van der Waals surface area contributed by atoms with Gasteiger partial charge in [0.05, 0.1) is 28.3 Å². The molecule has 98 valence electrons. The van der Waals surface area contributed by atoms with Gasteiger partial charge in [0.25, 0.3) is 0 Å². The number of pyridine rings is 1. The Hall–Kier alpha value is -2.09. The zero-order chi connectivity index (χ0) is 14.1. The Morgan fingerprint density at radius 3 is 2.75 bits per heavy atom. The van der Waals surface area contributed by atoms with Crippen LogP contribution < -0.4 is 0 Å². The number of hydrogen-bond acceptors (Lipinski definition) is 3. The van der Waals surface area contributed by atoms with Crippen molar-refractivity contribution in [2.45, 2.75) is 6.54 Å². The minimum Gasteiger partial charge on any atom is -0.309 e. The van der Waals surface area contributed by atoms with Gasteiger partial charge in [-0.2, -0.15) is 5.26 Å². The number of nitrogens with zero attached hydrogens (tertiary/aromatic N) is 4. The van der Waals surface area contributed by atoms with E-state index in [9.17, 15) is 0 Å². The Morgan fingerprint density at radius 1 is 1.20 bits per heavy atom. The number of aromatic nitrogens is 3. The summed E-state index contributed by atoms with van der Waals surface area (Å²) in [5.41, 5.74) is 2.85. The molecule has 4 nitrogen and oxygen atoms in total. The summed E-state index contributed by atoms with van der Waals surface area (Å²) in [7, 11) is 0. The first-order valence-electron chi connectivity index (χ1n) is 5.84. The molecular weight excluding hydrogens is 295 g/mol. The zero-order valence-electron chi connectivity index (χ0n) is 10.2. The summed E-state index contributed by atoms with van der Waals surface area (Å²) in [6.07, 6.45) is 1.54. The van der Waals surface area contributed by atoms with E-state index in [-0.39, 0.29) is 0 Å². The number of hydrogen-bond donors (Lipinski definition) is 0. The van der Waals surface area contributed by atoms with Gasteiger partial charge in [-0.25, -0.2) is 4.98 Å². The van der Waals surface area contributed by atoms with Crippen LogP contribution in [0.5, 0.6) is 0 Å². The van der Waals surface area contributed by atoms with Crippen LogP contribution in [0.4, 0.5) is 0 Å². The number of imidazole rings is 1. The van der Waals surface area contributed by atoms with Gasteiger partial charge in [-0.3, -0.25) is 4.98 Å². The van der Waals surface area contributed by atoms with Crippen molar-refractivity contribution in [1.82, 2.24) is 14.5 Å². The third kappa shape index (κ3) is 2.22. The van der Waals surface area contributed by atoms with Gasteiger partial charge in [-0.05, 0) is 35.9 Å². The van der Waals surface area contributed by atoms with Crippen molar-refractivity contribution in [1.29, 1.82) is 5.26 Å². The van der Waals surface area contributed by atoms with Gasteiger partial charge in [-0.1, -0.05) is 17.7 Å². The molecule has 0 saturated carbocycles. The maximum atomic E-state index is 8.76. The maximum absolute atomic E-state index is 8.76. The van der Waals surface area contributed by atoms with Crippen LogP contribution in [0.1, 0.15) is 11.3 Å². The number of rotatable bonds is 2. The number of para-hydroxylation sites is 1. The molecule has 6 heteroatoms. The molecule has 2 heterocycles.